The van der Waals surface area contributed by atoms with Gasteiger partial charge in [-0.05, 0) is 31.5 Å². The Morgan fingerprint density at radius 2 is 1.87 bits per heavy atom. The van der Waals surface area contributed by atoms with Gasteiger partial charge in [0.25, 0.3) is 5.69 Å². The molecular formula is C25H26F3N5O6. The fraction of sp³-hybridized carbons (Fsp3) is 0.400. The predicted octanol–water partition coefficient (Wildman–Crippen LogP) is 5.57. The molecule has 11 nitrogen and oxygen atoms in total. The van der Waals surface area contributed by atoms with E-state index in [9.17, 15) is 33.2 Å². The van der Waals surface area contributed by atoms with E-state index in [4.69, 9.17) is 9.47 Å². The quantitative estimate of drug-likeness (QED) is 0.286. The van der Waals surface area contributed by atoms with Gasteiger partial charge in [-0.1, -0.05) is 0 Å². The number of aromatic nitrogens is 2. The average molecular weight is 550 g/mol. The highest BCUT2D eigenvalue weighted by atomic mass is 19.4. The number of piperidine rings is 1. The van der Waals surface area contributed by atoms with Crippen LogP contribution >= 0.6 is 0 Å². The number of ether oxygens (including phenoxy) is 2. The number of aryl methyl sites for hydroxylation is 1. The Kier molecular flexibility index (Phi) is 7.65. The summed E-state index contributed by atoms with van der Waals surface area (Å²) in [6.45, 7) is 3.87. The Hall–Kier alpha value is -4.36. The number of likely N-dealkylation sites (tertiary alicyclic amines) is 1. The van der Waals surface area contributed by atoms with E-state index in [2.05, 4.69) is 15.3 Å². The maximum atomic E-state index is 13.4. The molecule has 1 aromatic heterocycles. The van der Waals surface area contributed by atoms with Crippen molar-refractivity contribution in [1.82, 2.24) is 14.9 Å². The zero-order valence-corrected chi connectivity index (χ0v) is 21.3. The number of alkyl halides is 3. The van der Waals surface area contributed by atoms with Crippen molar-refractivity contribution < 1.29 is 37.5 Å². The van der Waals surface area contributed by atoms with Crippen molar-refractivity contribution in [2.24, 2.45) is 0 Å². The number of fused-ring (bicyclic) bond motifs is 1. The molecule has 2 aromatic carbocycles. The first kappa shape index (κ1) is 27.7. The minimum absolute atomic E-state index is 0.0520. The van der Waals surface area contributed by atoms with Gasteiger partial charge < -0.3 is 24.8 Å². The highest BCUT2D eigenvalue weighted by molar-refractivity contribution is 5.92. The Bertz CT molecular complexity index is 1410. The summed E-state index contributed by atoms with van der Waals surface area (Å²) in [4.78, 5) is 31.8. The summed E-state index contributed by atoms with van der Waals surface area (Å²) in [6.07, 6.45) is -5.05. The highest BCUT2D eigenvalue weighted by Crippen LogP contribution is 2.38. The number of rotatable bonds is 7. The molecule has 0 spiro atoms. The molecule has 14 heteroatoms. The van der Waals surface area contributed by atoms with Crippen molar-refractivity contribution in [3.8, 4) is 11.5 Å². The minimum Gasteiger partial charge on any atom is -0.493 e. The number of anilines is 1. The number of carbonyl (C=O) groups is 1. The van der Waals surface area contributed by atoms with Crippen LogP contribution in [0.5, 0.6) is 11.5 Å². The number of amides is 1. The summed E-state index contributed by atoms with van der Waals surface area (Å²) in [6, 6.07) is 4.95. The topological polar surface area (TPSA) is 140 Å². The predicted molar refractivity (Wildman–Crippen MR) is 134 cm³/mol. The van der Waals surface area contributed by atoms with Crippen LogP contribution in [0.4, 0.5) is 29.5 Å². The molecule has 1 unspecified atom stereocenters. The van der Waals surface area contributed by atoms with Crippen LogP contribution in [0.2, 0.25) is 0 Å². The van der Waals surface area contributed by atoms with Gasteiger partial charge in [0.2, 0.25) is 0 Å². The molecule has 1 saturated heterocycles. The monoisotopic (exact) mass is 549 g/mol. The Morgan fingerprint density at radius 1 is 1.18 bits per heavy atom. The van der Waals surface area contributed by atoms with Gasteiger partial charge in [0.15, 0.2) is 11.5 Å². The molecule has 0 aliphatic carbocycles. The van der Waals surface area contributed by atoms with Crippen LogP contribution < -0.4 is 14.8 Å². The molecule has 0 saturated carbocycles. The lowest BCUT2D eigenvalue weighted by Gasteiger charge is -2.30. The average Bonchev–Trinajstić information content (AvgIpc) is 2.88. The SMILES string of the molecule is COc1cc2nc(C)nc(NC(C)c3cc([N+](=O)[O-])cc(C(F)(F)F)c3)c2cc1OC1CCN(C(=O)O)CC1. The number of hydrogen-bond donors (Lipinski definition) is 2. The van der Waals surface area contributed by atoms with E-state index in [1.165, 1.54) is 12.0 Å². The van der Waals surface area contributed by atoms with Crippen LogP contribution in [-0.4, -0.2) is 57.3 Å². The first-order chi connectivity index (χ1) is 18.3. The largest absolute Gasteiger partial charge is 0.493 e. The number of hydrogen-bond acceptors (Lipinski definition) is 8. The number of nitro benzene ring substituents is 1. The number of methoxy groups -OCH3 is 1. The normalized spacial score (nSPS) is 15.2. The third kappa shape index (κ3) is 6.21. The van der Waals surface area contributed by atoms with E-state index >= 15 is 0 Å². The second kappa shape index (κ2) is 10.8. The molecule has 39 heavy (non-hydrogen) atoms. The summed E-state index contributed by atoms with van der Waals surface area (Å²) >= 11 is 0. The summed E-state index contributed by atoms with van der Waals surface area (Å²) in [5.74, 6) is 1.44. The fourth-order valence-electron chi connectivity index (χ4n) is 4.40. The third-order valence-corrected chi connectivity index (χ3v) is 6.43. The first-order valence-corrected chi connectivity index (χ1v) is 12.0. The minimum atomic E-state index is -4.76. The molecule has 1 amide bonds. The number of nitro groups is 1. The summed E-state index contributed by atoms with van der Waals surface area (Å²) in [7, 11) is 1.47. The number of non-ortho nitro benzene ring substituents is 1. The van der Waals surface area contributed by atoms with Crippen molar-refractivity contribution >= 4 is 28.5 Å². The van der Waals surface area contributed by atoms with Crippen molar-refractivity contribution in [2.45, 2.75) is 45.0 Å². The van der Waals surface area contributed by atoms with E-state index in [1.54, 1.807) is 26.0 Å². The molecule has 3 aromatic rings. The van der Waals surface area contributed by atoms with Gasteiger partial charge in [0.05, 0.1) is 29.2 Å². The second-order valence-corrected chi connectivity index (χ2v) is 9.16. The van der Waals surface area contributed by atoms with Gasteiger partial charge in [-0.15, -0.1) is 0 Å². The third-order valence-electron chi connectivity index (χ3n) is 6.43. The molecule has 0 radical (unpaired) electrons. The Morgan fingerprint density at radius 3 is 2.46 bits per heavy atom. The molecular weight excluding hydrogens is 523 g/mol. The molecule has 1 fully saturated rings. The van der Waals surface area contributed by atoms with Gasteiger partial charge in [-0.2, -0.15) is 13.2 Å². The molecule has 208 valence electrons. The van der Waals surface area contributed by atoms with Crippen molar-refractivity contribution in [1.29, 1.82) is 0 Å². The molecule has 0 bridgehead atoms. The standard InChI is InChI=1S/C25H26F3N5O6/c1-13(15-8-16(25(26,27)28)10-17(9-15)33(36)37)29-23-19-11-22(21(38-3)12-20(19)30-14(2)31-23)39-18-4-6-32(7-5-18)24(34)35/h8-13,18H,4-7H2,1-3H3,(H,34,35)(H,29,30,31). The zero-order chi connectivity index (χ0) is 28.5. The summed E-state index contributed by atoms with van der Waals surface area (Å²) in [5.41, 5.74) is -1.27. The van der Waals surface area contributed by atoms with Crippen molar-refractivity contribution in [2.75, 3.05) is 25.5 Å². The second-order valence-electron chi connectivity index (χ2n) is 9.16. The maximum Gasteiger partial charge on any atom is 0.416 e. The van der Waals surface area contributed by atoms with Gasteiger partial charge in [0, 0.05) is 49.5 Å². The van der Waals surface area contributed by atoms with Gasteiger partial charge in [-0.25, -0.2) is 14.8 Å². The number of carboxylic acid groups (broad SMARTS) is 1. The molecule has 1 aliphatic rings. The lowest BCUT2D eigenvalue weighted by molar-refractivity contribution is -0.385. The lowest BCUT2D eigenvalue weighted by atomic mass is 10.0. The van der Waals surface area contributed by atoms with Crippen LogP contribution in [-0.2, 0) is 6.18 Å². The molecule has 2 N–H and O–H groups in total. The maximum absolute atomic E-state index is 13.4. The van der Waals surface area contributed by atoms with E-state index < -0.39 is 34.5 Å². The number of halogens is 3. The first-order valence-electron chi connectivity index (χ1n) is 12.0. The molecule has 1 atom stereocenters. The van der Waals surface area contributed by atoms with Crippen molar-refractivity contribution in [3.05, 3.63) is 57.4 Å². The van der Waals surface area contributed by atoms with Crippen LogP contribution in [0, 0.1) is 17.0 Å². The van der Waals surface area contributed by atoms with Crippen LogP contribution in [0.3, 0.4) is 0 Å². The molecule has 2 heterocycles. The lowest BCUT2D eigenvalue weighted by Crippen LogP contribution is -2.41. The van der Waals surface area contributed by atoms with E-state index in [-0.39, 0.29) is 11.7 Å². The molecule has 1 aliphatic heterocycles. The highest BCUT2D eigenvalue weighted by Gasteiger charge is 2.33. The van der Waals surface area contributed by atoms with Crippen LogP contribution in [0.25, 0.3) is 10.9 Å². The van der Waals surface area contributed by atoms with Crippen molar-refractivity contribution in [3.63, 3.8) is 0 Å². The number of benzene rings is 2. The molecule has 4 rings (SSSR count). The van der Waals surface area contributed by atoms with E-state index in [0.717, 1.165) is 12.1 Å². The van der Waals surface area contributed by atoms with Crippen LogP contribution in [0.1, 0.15) is 42.8 Å². The van der Waals surface area contributed by atoms with E-state index in [1.807, 2.05) is 0 Å². The van der Waals surface area contributed by atoms with Gasteiger partial charge in [0.1, 0.15) is 17.7 Å². The summed E-state index contributed by atoms with van der Waals surface area (Å²) in [5, 5.41) is 24.0. The fourth-order valence-corrected chi connectivity index (χ4v) is 4.40. The Balaban J connectivity index is 1.68. The Labute approximate surface area is 220 Å². The number of nitrogens with one attached hydrogen (secondary N) is 1. The van der Waals surface area contributed by atoms with Gasteiger partial charge in [-0.3, -0.25) is 10.1 Å². The smallest absolute Gasteiger partial charge is 0.416 e. The summed E-state index contributed by atoms with van der Waals surface area (Å²) < 4.78 is 51.9. The number of nitrogens with zero attached hydrogens (tertiary/aromatic N) is 4. The van der Waals surface area contributed by atoms with Crippen LogP contribution in [0.15, 0.2) is 30.3 Å². The zero-order valence-electron chi connectivity index (χ0n) is 21.3. The van der Waals surface area contributed by atoms with E-state index in [0.29, 0.717) is 66.0 Å². The van der Waals surface area contributed by atoms with Gasteiger partial charge >= 0.3 is 12.3 Å².